The maximum absolute atomic E-state index is 13.6. The Kier molecular flexibility index (Phi) is 6.34. The third-order valence-electron chi connectivity index (χ3n) is 4.91. The van der Waals surface area contributed by atoms with Crippen LogP contribution in [0.4, 0.5) is 5.69 Å². The predicted octanol–water partition coefficient (Wildman–Crippen LogP) is 4.47. The highest BCUT2D eigenvalue weighted by atomic mass is 35.5. The summed E-state index contributed by atoms with van der Waals surface area (Å²) in [5.41, 5.74) is 1.41. The number of nitrogens with one attached hydrogen (secondary N) is 1. The SMILES string of the molecule is Cc1ccc(CN(CCc2ccccc2)S(=O)(=O)c2cc3c(cc2Cl)NC(=O)CO3)s1. The minimum atomic E-state index is -3.92. The van der Waals surface area contributed by atoms with Crippen molar-refractivity contribution in [2.75, 3.05) is 18.5 Å². The van der Waals surface area contributed by atoms with E-state index in [4.69, 9.17) is 16.3 Å². The van der Waals surface area contributed by atoms with Crippen molar-refractivity contribution < 1.29 is 17.9 Å². The fraction of sp³-hybridized carbons (Fsp3) is 0.227. The van der Waals surface area contributed by atoms with E-state index in [1.54, 1.807) is 11.3 Å². The van der Waals surface area contributed by atoms with Crippen LogP contribution in [-0.2, 0) is 27.8 Å². The fourth-order valence-corrected chi connectivity index (χ4v) is 6.27. The number of sulfonamides is 1. The van der Waals surface area contributed by atoms with Gasteiger partial charge >= 0.3 is 0 Å². The van der Waals surface area contributed by atoms with E-state index in [2.05, 4.69) is 5.32 Å². The van der Waals surface area contributed by atoms with Gasteiger partial charge in [-0.25, -0.2) is 8.42 Å². The van der Waals surface area contributed by atoms with Crippen molar-refractivity contribution >= 4 is 44.6 Å². The van der Waals surface area contributed by atoms with Gasteiger partial charge in [0.05, 0.1) is 10.7 Å². The van der Waals surface area contributed by atoms with Gasteiger partial charge in [-0.3, -0.25) is 4.79 Å². The van der Waals surface area contributed by atoms with Gasteiger partial charge in [-0.1, -0.05) is 41.9 Å². The molecular weight excluding hydrogens is 456 g/mol. The summed E-state index contributed by atoms with van der Waals surface area (Å²) in [6, 6.07) is 16.5. The van der Waals surface area contributed by atoms with E-state index in [0.29, 0.717) is 18.7 Å². The molecule has 1 aliphatic heterocycles. The zero-order chi connectivity index (χ0) is 22.0. The van der Waals surface area contributed by atoms with Gasteiger partial charge in [0, 0.05) is 28.9 Å². The van der Waals surface area contributed by atoms with Gasteiger partial charge in [-0.15, -0.1) is 11.3 Å². The van der Waals surface area contributed by atoms with E-state index >= 15 is 0 Å². The van der Waals surface area contributed by atoms with E-state index in [1.165, 1.54) is 16.4 Å². The van der Waals surface area contributed by atoms with E-state index in [9.17, 15) is 13.2 Å². The molecule has 1 aromatic heterocycles. The van der Waals surface area contributed by atoms with Crippen molar-refractivity contribution in [3.63, 3.8) is 0 Å². The van der Waals surface area contributed by atoms with Crippen molar-refractivity contribution in [3.8, 4) is 5.75 Å². The molecule has 1 N–H and O–H groups in total. The minimum absolute atomic E-state index is 0.0367. The molecule has 0 radical (unpaired) electrons. The molecule has 4 rings (SSSR count). The number of hydrogen-bond donors (Lipinski definition) is 1. The van der Waals surface area contributed by atoms with Gasteiger partial charge in [0.1, 0.15) is 10.6 Å². The minimum Gasteiger partial charge on any atom is -0.482 e. The van der Waals surface area contributed by atoms with E-state index in [1.807, 2.05) is 49.4 Å². The topological polar surface area (TPSA) is 75.7 Å². The van der Waals surface area contributed by atoms with Crippen LogP contribution in [0.15, 0.2) is 59.5 Å². The Bertz CT molecular complexity index is 1210. The normalized spacial score (nSPS) is 13.6. The van der Waals surface area contributed by atoms with Crippen molar-refractivity contribution in [2.45, 2.75) is 24.8 Å². The number of hydrogen-bond acceptors (Lipinski definition) is 5. The van der Waals surface area contributed by atoms with Gasteiger partial charge in [0.25, 0.3) is 5.91 Å². The van der Waals surface area contributed by atoms with E-state index in [0.717, 1.165) is 15.3 Å². The highest BCUT2D eigenvalue weighted by Crippen LogP contribution is 2.37. The maximum atomic E-state index is 13.6. The molecule has 0 bridgehead atoms. The van der Waals surface area contributed by atoms with Gasteiger partial charge in [0.15, 0.2) is 6.61 Å². The lowest BCUT2D eigenvalue weighted by atomic mass is 10.1. The van der Waals surface area contributed by atoms with Crippen LogP contribution < -0.4 is 10.1 Å². The predicted molar refractivity (Wildman–Crippen MR) is 122 cm³/mol. The molecule has 0 fully saturated rings. The Hall–Kier alpha value is -2.39. The summed E-state index contributed by atoms with van der Waals surface area (Å²) in [5.74, 6) is -0.0192. The number of amides is 1. The standard InChI is InChI=1S/C22H21ClN2O4S2/c1-15-7-8-17(30-15)13-25(10-9-16-5-3-2-4-6-16)31(27,28)21-12-20-19(11-18(21)23)24-22(26)14-29-20/h2-8,11-12H,9-10,13-14H2,1H3,(H,24,26). The first-order chi connectivity index (χ1) is 14.8. The van der Waals surface area contributed by atoms with Crippen molar-refractivity contribution in [1.82, 2.24) is 4.31 Å². The number of halogens is 1. The van der Waals surface area contributed by atoms with Crippen molar-refractivity contribution in [1.29, 1.82) is 0 Å². The van der Waals surface area contributed by atoms with Gasteiger partial charge in [0.2, 0.25) is 10.0 Å². The zero-order valence-electron chi connectivity index (χ0n) is 16.8. The largest absolute Gasteiger partial charge is 0.482 e. The maximum Gasteiger partial charge on any atom is 0.262 e. The molecule has 3 aromatic rings. The lowest BCUT2D eigenvalue weighted by molar-refractivity contribution is -0.118. The van der Waals surface area contributed by atoms with E-state index < -0.39 is 10.0 Å². The molecule has 2 aromatic carbocycles. The van der Waals surface area contributed by atoms with Crippen LogP contribution in [0.5, 0.6) is 5.75 Å². The monoisotopic (exact) mass is 476 g/mol. The van der Waals surface area contributed by atoms with E-state index in [-0.39, 0.29) is 34.7 Å². The van der Waals surface area contributed by atoms with Crippen LogP contribution in [0.3, 0.4) is 0 Å². The van der Waals surface area contributed by atoms with Gasteiger partial charge in [-0.2, -0.15) is 4.31 Å². The first kappa shape index (κ1) is 21.8. The quantitative estimate of drug-likeness (QED) is 0.545. The van der Waals surface area contributed by atoms with Crippen LogP contribution in [0, 0.1) is 6.92 Å². The van der Waals surface area contributed by atoms with Crippen molar-refractivity contribution in [2.24, 2.45) is 0 Å². The van der Waals surface area contributed by atoms with Crippen LogP contribution in [0.1, 0.15) is 15.3 Å². The summed E-state index contributed by atoms with van der Waals surface area (Å²) < 4.78 is 34.1. The summed E-state index contributed by atoms with van der Waals surface area (Å²) in [4.78, 5) is 13.6. The molecule has 9 heteroatoms. The molecule has 2 heterocycles. The molecule has 0 saturated heterocycles. The molecule has 1 amide bonds. The Labute approximate surface area is 190 Å². The molecule has 0 atom stereocenters. The first-order valence-electron chi connectivity index (χ1n) is 9.68. The highest BCUT2D eigenvalue weighted by molar-refractivity contribution is 7.89. The van der Waals surface area contributed by atoms with Crippen LogP contribution in [-0.4, -0.2) is 31.8 Å². The number of benzene rings is 2. The number of ether oxygens (including phenoxy) is 1. The Morgan fingerprint density at radius 2 is 1.94 bits per heavy atom. The molecule has 31 heavy (non-hydrogen) atoms. The molecule has 0 spiro atoms. The Morgan fingerprint density at radius 1 is 1.16 bits per heavy atom. The third-order valence-corrected chi connectivity index (χ3v) is 8.20. The molecule has 1 aliphatic rings. The smallest absolute Gasteiger partial charge is 0.262 e. The number of carbonyl (C=O) groups is 1. The number of anilines is 1. The number of carbonyl (C=O) groups excluding carboxylic acids is 1. The Morgan fingerprint density at radius 3 is 2.65 bits per heavy atom. The molecule has 162 valence electrons. The summed E-state index contributed by atoms with van der Waals surface area (Å²) in [5, 5.41) is 2.68. The molecule has 0 saturated carbocycles. The molecule has 0 unspecified atom stereocenters. The second-order valence-electron chi connectivity index (χ2n) is 7.20. The van der Waals surface area contributed by atoms with Crippen LogP contribution in [0.2, 0.25) is 5.02 Å². The number of fused-ring (bicyclic) bond motifs is 1. The summed E-state index contributed by atoms with van der Waals surface area (Å²) in [7, 11) is -3.92. The second-order valence-corrected chi connectivity index (χ2v) is 10.9. The Balaban J connectivity index is 1.67. The lowest BCUT2D eigenvalue weighted by Gasteiger charge is -2.24. The average Bonchev–Trinajstić information content (AvgIpc) is 3.15. The summed E-state index contributed by atoms with van der Waals surface area (Å²) >= 11 is 7.92. The first-order valence-corrected chi connectivity index (χ1v) is 12.3. The number of aryl methyl sites for hydroxylation is 1. The van der Waals surface area contributed by atoms with Crippen molar-refractivity contribution in [3.05, 3.63) is 74.9 Å². The third kappa shape index (κ3) is 4.93. The zero-order valence-corrected chi connectivity index (χ0v) is 19.2. The van der Waals surface area contributed by atoms with Gasteiger partial charge < -0.3 is 10.1 Å². The number of thiophene rings is 1. The van der Waals surface area contributed by atoms with Gasteiger partial charge in [-0.05, 0) is 37.1 Å². The second kappa shape index (κ2) is 9.00. The number of nitrogens with zero attached hydrogens (tertiary/aromatic N) is 1. The van der Waals surface area contributed by atoms with Crippen LogP contribution in [0.25, 0.3) is 0 Å². The summed E-state index contributed by atoms with van der Waals surface area (Å²) in [6.45, 7) is 2.37. The lowest BCUT2D eigenvalue weighted by Crippen LogP contribution is -2.33. The summed E-state index contributed by atoms with van der Waals surface area (Å²) in [6.07, 6.45) is 0.569. The molecule has 6 nitrogen and oxygen atoms in total. The highest BCUT2D eigenvalue weighted by Gasteiger charge is 2.30. The molecular formula is C22H21ClN2O4S2. The molecule has 0 aliphatic carbocycles. The fourth-order valence-electron chi connectivity index (χ4n) is 3.34. The van der Waals surface area contributed by atoms with Crippen LogP contribution >= 0.6 is 22.9 Å². The average molecular weight is 477 g/mol. The number of rotatable bonds is 7.